The van der Waals surface area contributed by atoms with Crippen molar-refractivity contribution < 1.29 is 4.79 Å². The Bertz CT molecular complexity index is 877. The Morgan fingerprint density at radius 2 is 1.96 bits per heavy atom. The molecule has 6 nitrogen and oxygen atoms in total. The van der Waals surface area contributed by atoms with Crippen LogP contribution in [0.2, 0.25) is 0 Å². The van der Waals surface area contributed by atoms with Gasteiger partial charge in [-0.05, 0) is 42.7 Å². The molecule has 0 saturated heterocycles. The van der Waals surface area contributed by atoms with Gasteiger partial charge in [0.05, 0.1) is 5.75 Å². The van der Waals surface area contributed by atoms with E-state index < -0.39 is 0 Å². The maximum Gasteiger partial charge on any atom is 0.234 e. The Morgan fingerprint density at radius 1 is 1.15 bits per heavy atom. The molecule has 0 aliphatic rings. The molecule has 0 atom stereocenters. The number of aromatic nitrogens is 4. The standard InChI is InChI=1S/C20H23N5OS/c1-3-12-25-19(16-6-5-11-21-13-16)23-24-20(25)27-14-18(26)22-17-9-7-15(4-2)8-10-17/h5-11,13H,3-4,12,14H2,1-2H3,(H,22,26). The molecule has 1 N–H and O–H groups in total. The highest BCUT2D eigenvalue weighted by atomic mass is 32.2. The van der Waals surface area contributed by atoms with Crippen LogP contribution in [0.5, 0.6) is 0 Å². The average molecular weight is 382 g/mol. The Hall–Kier alpha value is -2.67. The monoisotopic (exact) mass is 381 g/mol. The third-order valence-electron chi connectivity index (χ3n) is 4.06. The molecule has 2 aromatic heterocycles. The van der Waals surface area contributed by atoms with E-state index in [1.54, 1.807) is 12.4 Å². The molecular formula is C20H23N5OS. The van der Waals surface area contributed by atoms with Crippen molar-refractivity contribution in [1.82, 2.24) is 19.7 Å². The van der Waals surface area contributed by atoms with Gasteiger partial charge < -0.3 is 9.88 Å². The molecule has 3 aromatic rings. The number of thioether (sulfide) groups is 1. The number of hydrogen-bond acceptors (Lipinski definition) is 5. The van der Waals surface area contributed by atoms with Crippen LogP contribution < -0.4 is 5.32 Å². The van der Waals surface area contributed by atoms with E-state index in [1.165, 1.54) is 17.3 Å². The molecular weight excluding hydrogens is 358 g/mol. The Morgan fingerprint density at radius 3 is 2.63 bits per heavy atom. The van der Waals surface area contributed by atoms with Gasteiger partial charge in [0, 0.05) is 30.2 Å². The van der Waals surface area contributed by atoms with Crippen LogP contribution in [-0.2, 0) is 17.8 Å². The van der Waals surface area contributed by atoms with E-state index in [-0.39, 0.29) is 11.7 Å². The minimum atomic E-state index is -0.0572. The normalized spacial score (nSPS) is 10.7. The predicted octanol–water partition coefficient (Wildman–Crippen LogP) is 4.04. The summed E-state index contributed by atoms with van der Waals surface area (Å²) >= 11 is 1.39. The Kier molecular flexibility index (Phi) is 6.59. The number of carbonyl (C=O) groups is 1. The Labute approximate surface area is 163 Å². The molecule has 1 aromatic carbocycles. The van der Waals surface area contributed by atoms with Crippen LogP contribution in [0, 0.1) is 0 Å². The van der Waals surface area contributed by atoms with E-state index >= 15 is 0 Å². The lowest BCUT2D eigenvalue weighted by molar-refractivity contribution is -0.113. The van der Waals surface area contributed by atoms with Gasteiger partial charge in [0.25, 0.3) is 0 Å². The fourth-order valence-corrected chi connectivity index (χ4v) is 3.44. The third-order valence-corrected chi connectivity index (χ3v) is 5.03. The largest absolute Gasteiger partial charge is 0.325 e. The smallest absolute Gasteiger partial charge is 0.234 e. The quantitative estimate of drug-likeness (QED) is 0.596. The molecule has 1 amide bonds. The number of benzene rings is 1. The van der Waals surface area contributed by atoms with Crippen molar-refractivity contribution in [2.45, 2.75) is 38.4 Å². The summed E-state index contributed by atoms with van der Waals surface area (Å²) in [7, 11) is 0. The van der Waals surface area contributed by atoms with Crippen molar-refractivity contribution in [3.8, 4) is 11.4 Å². The number of rotatable bonds is 8. The lowest BCUT2D eigenvalue weighted by Gasteiger charge is -2.09. The molecule has 27 heavy (non-hydrogen) atoms. The van der Waals surface area contributed by atoms with E-state index in [9.17, 15) is 4.79 Å². The highest BCUT2D eigenvalue weighted by Crippen LogP contribution is 2.24. The fraction of sp³-hybridized carbons (Fsp3) is 0.300. The van der Waals surface area contributed by atoms with Gasteiger partial charge >= 0.3 is 0 Å². The average Bonchev–Trinajstić information content (AvgIpc) is 3.10. The first kappa shape index (κ1) is 19.1. The van der Waals surface area contributed by atoms with Gasteiger partial charge in [0.15, 0.2) is 11.0 Å². The number of pyridine rings is 1. The summed E-state index contributed by atoms with van der Waals surface area (Å²) in [6, 6.07) is 11.8. The van der Waals surface area contributed by atoms with E-state index in [2.05, 4.69) is 34.3 Å². The number of nitrogens with one attached hydrogen (secondary N) is 1. The van der Waals surface area contributed by atoms with Crippen molar-refractivity contribution in [2.24, 2.45) is 0 Å². The second kappa shape index (κ2) is 9.32. The van der Waals surface area contributed by atoms with Crippen LogP contribution in [0.1, 0.15) is 25.8 Å². The molecule has 0 aliphatic carbocycles. The number of hydrogen-bond donors (Lipinski definition) is 1. The van der Waals surface area contributed by atoms with Crippen molar-refractivity contribution >= 4 is 23.4 Å². The van der Waals surface area contributed by atoms with Gasteiger partial charge in [0.1, 0.15) is 0 Å². The number of carbonyl (C=O) groups excluding carboxylic acids is 1. The predicted molar refractivity (Wildman–Crippen MR) is 109 cm³/mol. The SMILES string of the molecule is CCCn1c(SCC(=O)Nc2ccc(CC)cc2)nnc1-c1cccnc1. The van der Waals surface area contributed by atoms with Crippen molar-refractivity contribution in [3.05, 3.63) is 54.4 Å². The Balaban J connectivity index is 1.66. The molecule has 0 saturated carbocycles. The summed E-state index contributed by atoms with van der Waals surface area (Å²) in [5.74, 6) is 1.01. The van der Waals surface area contributed by atoms with Gasteiger partial charge in [-0.15, -0.1) is 10.2 Å². The molecule has 7 heteroatoms. The number of nitrogens with zero attached hydrogens (tertiary/aromatic N) is 4. The van der Waals surface area contributed by atoms with E-state index in [4.69, 9.17) is 0 Å². The minimum Gasteiger partial charge on any atom is -0.325 e. The van der Waals surface area contributed by atoms with Crippen molar-refractivity contribution in [1.29, 1.82) is 0 Å². The summed E-state index contributed by atoms with van der Waals surface area (Å²) < 4.78 is 2.05. The van der Waals surface area contributed by atoms with Crippen LogP contribution in [-0.4, -0.2) is 31.4 Å². The second-order valence-corrected chi connectivity index (χ2v) is 7.03. The number of amides is 1. The third kappa shape index (κ3) is 4.95. The van der Waals surface area contributed by atoms with E-state index in [1.807, 2.05) is 41.0 Å². The summed E-state index contributed by atoms with van der Waals surface area (Å²) in [5, 5.41) is 12.3. The van der Waals surface area contributed by atoms with Gasteiger partial charge in [0.2, 0.25) is 5.91 Å². The van der Waals surface area contributed by atoms with Gasteiger partial charge in [-0.3, -0.25) is 9.78 Å². The summed E-state index contributed by atoms with van der Waals surface area (Å²) in [5.41, 5.74) is 2.98. The maximum atomic E-state index is 12.3. The zero-order chi connectivity index (χ0) is 19.1. The molecule has 0 radical (unpaired) electrons. The van der Waals surface area contributed by atoms with Crippen molar-refractivity contribution in [3.63, 3.8) is 0 Å². The second-order valence-electron chi connectivity index (χ2n) is 6.09. The summed E-state index contributed by atoms with van der Waals surface area (Å²) in [4.78, 5) is 16.4. The van der Waals surface area contributed by atoms with Crippen LogP contribution in [0.3, 0.4) is 0 Å². The van der Waals surface area contributed by atoms with Crippen LogP contribution in [0.15, 0.2) is 53.9 Å². The van der Waals surface area contributed by atoms with E-state index in [0.717, 1.165) is 41.6 Å². The first-order valence-electron chi connectivity index (χ1n) is 9.06. The summed E-state index contributed by atoms with van der Waals surface area (Å²) in [6.45, 7) is 5.00. The van der Waals surface area contributed by atoms with Crippen LogP contribution in [0.4, 0.5) is 5.69 Å². The highest BCUT2D eigenvalue weighted by molar-refractivity contribution is 7.99. The van der Waals surface area contributed by atoms with Gasteiger partial charge in [-0.25, -0.2) is 0 Å². The summed E-state index contributed by atoms with van der Waals surface area (Å²) in [6.07, 6.45) is 5.44. The molecule has 0 unspecified atom stereocenters. The van der Waals surface area contributed by atoms with Crippen molar-refractivity contribution in [2.75, 3.05) is 11.1 Å². The maximum absolute atomic E-state index is 12.3. The number of anilines is 1. The van der Waals surface area contributed by atoms with Crippen LogP contribution >= 0.6 is 11.8 Å². The zero-order valence-electron chi connectivity index (χ0n) is 15.6. The molecule has 0 bridgehead atoms. The lowest BCUT2D eigenvalue weighted by atomic mass is 10.1. The highest BCUT2D eigenvalue weighted by Gasteiger charge is 2.15. The first-order chi connectivity index (χ1) is 13.2. The molecule has 2 heterocycles. The molecule has 3 rings (SSSR count). The van der Waals surface area contributed by atoms with Crippen LogP contribution in [0.25, 0.3) is 11.4 Å². The topological polar surface area (TPSA) is 72.7 Å². The lowest BCUT2D eigenvalue weighted by Crippen LogP contribution is -2.14. The zero-order valence-corrected chi connectivity index (χ0v) is 16.4. The molecule has 0 fully saturated rings. The molecule has 0 aliphatic heterocycles. The molecule has 0 spiro atoms. The molecule has 140 valence electrons. The van der Waals surface area contributed by atoms with Gasteiger partial charge in [-0.1, -0.05) is 37.7 Å². The first-order valence-corrected chi connectivity index (χ1v) is 10.0. The van der Waals surface area contributed by atoms with Gasteiger partial charge in [-0.2, -0.15) is 0 Å². The van der Waals surface area contributed by atoms with E-state index in [0.29, 0.717) is 0 Å². The number of aryl methyl sites for hydroxylation is 1. The fourth-order valence-electron chi connectivity index (χ4n) is 2.68. The minimum absolute atomic E-state index is 0.0572.